The van der Waals surface area contributed by atoms with Gasteiger partial charge in [0, 0.05) is 12.6 Å². The summed E-state index contributed by atoms with van der Waals surface area (Å²) in [6, 6.07) is 7.21. The van der Waals surface area contributed by atoms with Crippen LogP contribution in [-0.2, 0) is 27.1 Å². The molecule has 160 valence electrons. The lowest BCUT2D eigenvalue weighted by molar-refractivity contribution is -0.178. The lowest BCUT2D eigenvalue weighted by Crippen LogP contribution is -2.60. The molecule has 4 aliphatic carbocycles. The second-order valence-electron chi connectivity index (χ2n) is 10.00. The van der Waals surface area contributed by atoms with E-state index >= 15 is 0 Å². The van der Waals surface area contributed by atoms with Gasteiger partial charge < -0.3 is 10.4 Å². The summed E-state index contributed by atoms with van der Waals surface area (Å²) in [5.74, 6) is 0.973. The lowest BCUT2D eigenvalue weighted by Gasteiger charge is -2.59. The summed E-state index contributed by atoms with van der Waals surface area (Å²) >= 11 is 0. The molecule has 1 amide bonds. The van der Waals surface area contributed by atoms with E-state index in [2.05, 4.69) is 10.0 Å². The van der Waals surface area contributed by atoms with Gasteiger partial charge in [-0.2, -0.15) is 0 Å². The maximum atomic E-state index is 13.1. The first kappa shape index (κ1) is 20.8. The minimum atomic E-state index is -3.35. The molecule has 0 spiro atoms. The van der Waals surface area contributed by atoms with Gasteiger partial charge in [-0.15, -0.1) is 0 Å². The Bertz CT molecular complexity index is 865. The molecule has 3 N–H and O–H groups in total. The Morgan fingerprint density at radius 1 is 1.10 bits per heavy atom. The Balaban J connectivity index is 1.35. The second kappa shape index (κ2) is 7.36. The van der Waals surface area contributed by atoms with Crippen molar-refractivity contribution in [3.8, 4) is 0 Å². The number of nitrogens with one attached hydrogen (secondary N) is 2. The highest BCUT2D eigenvalue weighted by Gasteiger charge is 2.60. The molecule has 1 aromatic carbocycles. The number of amides is 1. The van der Waals surface area contributed by atoms with Gasteiger partial charge in [0.1, 0.15) is 0 Å². The quantitative estimate of drug-likeness (QED) is 0.631. The van der Waals surface area contributed by atoms with Gasteiger partial charge in [-0.25, -0.2) is 13.1 Å². The fourth-order valence-electron chi connectivity index (χ4n) is 6.22. The average molecular weight is 421 g/mol. The van der Waals surface area contributed by atoms with Crippen LogP contribution in [0.1, 0.15) is 63.5 Å². The zero-order valence-electron chi connectivity index (χ0n) is 17.3. The predicted octanol–water partition coefficient (Wildman–Crippen LogP) is 2.46. The van der Waals surface area contributed by atoms with Crippen molar-refractivity contribution in [3.63, 3.8) is 0 Å². The van der Waals surface area contributed by atoms with Crippen LogP contribution in [0.4, 0.5) is 0 Å². The average Bonchev–Trinajstić information content (AvgIpc) is 2.57. The summed E-state index contributed by atoms with van der Waals surface area (Å²) < 4.78 is 26.7. The smallest absolute Gasteiger partial charge is 0.226 e. The molecular weight excluding hydrogens is 388 g/mol. The maximum Gasteiger partial charge on any atom is 0.226 e. The van der Waals surface area contributed by atoms with Crippen molar-refractivity contribution in [2.75, 3.05) is 0 Å². The van der Waals surface area contributed by atoms with Crippen LogP contribution >= 0.6 is 0 Å². The Morgan fingerprint density at radius 3 is 2.24 bits per heavy atom. The zero-order chi connectivity index (χ0) is 20.9. The molecule has 4 fully saturated rings. The minimum absolute atomic E-state index is 0.0533. The molecule has 5 rings (SSSR count). The van der Waals surface area contributed by atoms with Crippen LogP contribution in [0, 0.1) is 17.3 Å². The molecule has 0 aromatic heterocycles. The number of sulfonamides is 1. The molecule has 29 heavy (non-hydrogen) atoms. The topological polar surface area (TPSA) is 95.5 Å². The Hall–Kier alpha value is -1.44. The van der Waals surface area contributed by atoms with Gasteiger partial charge in [0.2, 0.25) is 15.9 Å². The van der Waals surface area contributed by atoms with E-state index in [4.69, 9.17) is 0 Å². The normalized spacial score (nSPS) is 33.2. The molecule has 0 unspecified atom stereocenters. The van der Waals surface area contributed by atoms with Crippen LogP contribution in [0.2, 0.25) is 0 Å². The molecule has 4 aliphatic rings. The van der Waals surface area contributed by atoms with Gasteiger partial charge in [0.15, 0.2) is 0 Å². The molecule has 0 heterocycles. The zero-order valence-corrected chi connectivity index (χ0v) is 18.1. The first-order valence-corrected chi connectivity index (χ1v) is 12.3. The van der Waals surface area contributed by atoms with Crippen molar-refractivity contribution in [2.24, 2.45) is 17.3 Å². The Kier molecular flexibility index (Phi) is 5.28. The van der Waals surface area contributed by atoms with Gasteiger partial charge in [0.05, 0.1) is 16.8 Å². The van der Waals surface area contributed by atoms with E-state index in [0.717, 1.165) is 43.2 Å². The molecule has 6 nitrogen and oxygen atoms in total. The van der Waals surface area contributed by atoms with E-state index in [1.165, 1.54) is 0 Å². The van der Waals surface area contributed by atoms with Crippen molar-refractivity contribution in [3.05, 3.63) is 35.4 Å². The number of carbonyl (C=O) groups excluding carboxylic acids is 1. The molecule has 4 saturated carbocycles. The standard InChI is InChI=1S/C22H32N2O4S/c1-15(2)24-29(27,28)13-17-5-3-16(4-6-17)12-23-20(25)21-8-18-7-19(9-21)11-22(26,10-18)14-21/h3-6,15,18-19,24,26H,7-14H2,1-2H3,(H,23,25)/t18-,19-,21?,22?/m1/s1. The van der Waals surface area contributed by atoms with E-state index in [1.807, 2.05) is 12.1 Å². The summed E-state index contributed by atoms with van der Waals surface area (Å²) in [5.41, 5.74) is 0.616. The monoisotopic (exact) mass is 420 g/mol. The van der Waals surface area contributed by atoms with Crippen molar-refractivity contribution >= 4 is 15.9 Å². The van der Waals surface area contributed by atoms with Gasteiger partial charge in [-0.05, 0) is 75.3 Å². The van der Waals surface area contributed by atoms with E-state index in [1.54, 1.807) is 26.0 Å². The van der Waals surface area contributed by atoms with E-state index in [0.29, 0.717) is 24.8 Å². The van der Waals surface area contributed by atoms with Crippen molar-refractivity contribution in [1.82, 2.24) is 10.0 Å². The number of benzene rings is 1. The number of hydrogen-bond acceptors (Lipinski definition) is 4. The fraction of sp³-hybridized carbons (Fsp3) is 0.682. The fourth-order valence-corrected chi connectivity index (χ4v) is 7.66. The number of carbonyl (C=O) groups is 1. The van der Waals surface area contributed by atoms with Gasteiger partial charge >= 0.3 is 0 Å². The third-order valence-corrected chi connectivity index (χ3v) is 8.30. The number of aliphatic hydroxyl groups is 1. The van der Waals surface area contributed by atoms with Crippen LogP contribution in [0.25, 0.3) is 0 Å². The molecule has 2 atom stereocenters. The van der Waals surface area contributed by atoms with Gasteiger partial charge in [-0.1, -0.05) is 24.3 Å². The highest BCUT2D eigenvalue weighted by Crippen LogP contribution is 2.61. The summed E-state index contributed by atoms with van der Waals surface area (Å²) in [6.45, 7) is 4.02. The van der Waals surface area contributed by atoms with E-state index in [9.17, 15) is 18.3 Å². The third-order valence-electron chi connectivity index (χ3n) is 6.76. The van der Waals surface area contributed by atoms with Crippen molar-refractivity contribution in [2.45, 2.75) is 76.3 Å². The summed E-state index contributed by atoms with van der Waals surface area (Å²) in [6.07, 6.45) is 5.27. The minimum Gasteiger partial charge on any atom is -0.390 e. The van der Waals surface area contributed by atoms with E-state index < -0.39 is 21.0 Å². The molecule has 7 heteroatoms. The van der Waals surface area contributed by atoms with Gasteiger partial charge in [0.25, 0.3) is 0 Å². The summed E-state index contributed by atoms with van der Waals surface area (Å²) in [7, 11) is -3.35. The molecule has 0 radical (unpaired) electrons. The molecule has 4 bridgehead atoms. The van der Waals surface area contributed by atoms with Crippen LogP contribution < -0.4 is 10.0 Å². The van der Waals surface area contributed by atoms with Crippen molar-refractivity contribution in [1.29, 1.82) is 0 Å². The first-order valence-electron chi connectivity index (χ1n) is 10.7. The van der Waals surface area contributed by atoms with E-state index in [-0.39, 0.29) is 17.7 Å². The molecule has 0 aliphatic heterocycles. The summed E-state index contributed by atoms with van der Waals surface area (Å²) in [5, 5.41) is 13.9. The largest absolute Gasteiger partial charge is 0.390 e. The second-order valence-corrected chi connectivity index (χ2v) is 11.8. The molecule has 0 saturated heterocycles. The third kappa shape index (κ3) is 4.52. The van der Waals surface area contributed by atoms with Gasteiger partial charge in [-0.3, -0.25) is 4.79 Å². The SMILES string of the molecule is CC(C)NS(=O)(=O)Cc1ccc(CNC(=O)C23C[C@H]4C[C@@H](CC(O)(C4)C2)C3)cc1. The Morgan fingerprint density at radius 2 is 1.69 bits per heavy atom. The van der Waals surface area contributed by atoms with Crippen LogP contribution in [-0.4, -0.2) is 31.1 Å². The van der Waals surface area contributed by atoms with Crippen LogP contribution in [0.5, 0.6) is 0 Å². The number of hydrogen-bond donors (Lipinski definition) is 3. The number of rotatable bonds is 7. The molecular formula is C22H32N2O4S. The Labute approximate surface area is 173 Å². The predicted molar refractivity (Wildman–Crippen MR) is 111 cm³/mol. The maximum absolute atomic E-state index is 13.1. The first-order chi connectivity index (χ1) is 13.6. The highest BCUT2D eigenvalue weighted by atomic mass is 32.2. The van der Waals surface area contributed by atoms with Crippen LogP contribution in [0.3, 0.4) is 0 Å². The molecule has 1 aromatic rings. The van der Waals surface area contributed by atoms with Crippen LogP contribution in [0.15, 0.2) is 24.3 Å². The van der Waals surface area contributed by atoms with Crippen molar-refractivity contribution < 1.29 is 18.3 Å². The summed E-state index contributed by atoms with van der Waals surface area (Å²) in [4.78, 5) is 13.1. The lowest BCUT2D eigenvalue weighted by atomic mass is 9.47. The highest BCUT2D eigenvalue weighted by molar-refractivity contribution is 7.88.